The number of carboxylic acid groups (broad SMARTS) is 1. The molecular formula is C26H20F3N5O4. The molecule has 0 spiro atoms. The number of fused-ring (bicyclic) bond motifs is 1. The van der Waals surface area contributed by atoms with Crippen molar-refractivity contribution in [2.45, 2.75) is 12.5 Å². The highest BCUT2D eigenvalue weighted by Gasteiger charge is 2.26. The maximum atomic E-state index is 15.1. The van der Waals surface area contributed by atoms with Gasteiger partial charge in [0.2, 0.25) is 5.43 Å². The number of aromatic carboxylic acids is 1. The smallest absolute Gasteiger partial charge is 0.341 e. The van der Waals surface area contributed by atoms with Crippen molar-refractivity contribution in [3.63, 3.8) is 0 Å². The van der Waals surface area contributed by atoms with E-state index < -0.39 is 57.1 Å². The van der Waals surface area contributed by atoms with E-state index in [1.165, 1.54) is 12.1 Å². The van der Waals surface area contributed by atoms with Crippen LogP contribution in [0.2, 0.25) is 0 Å². The Labute approximate surface area is 212 Å². The predicted molar refractivity (Wildman–Crippen MR) is 133 cm³/mol. The van der Waals surface area contributed by atoms with Crippen LogP contribution in [0.1, 0.15) is 27.1 Å². The van der Waals surface area contributed by atoms with Crippen molar-refractivity contribution in [2.24, 2.45) is 5.73 Å². The number of carboxylic acids is 1. The number of carbonyl (C=O) groups is 2. The van der Waals surface area contributed by atoms with Crippen molar-refractivity contribution >= 4 is 34.4 Å². The van der Waals surface area contributed by atoms with Crippen LogP contribution in [0.5, 0.6) is 0 Å². The molecule has 0 unspecified atom stereocenters. The van der Waals surface area contributed by atoms with Gasteiger partial charge in [-0.2, -0.15) is 0 Å². The number of aromatic nitrogens is 2. The Morgan fingerprint density at radius 1 is 1.05 bits per heavy atom. The zero-order chi connectivity index (χ0) is 27.1. The molecule has 9 nitrogen and oxygen atoms in total. The standard InChI is InChI=1S/C26H20F3N5O4/c27-17-9-18(28)21(10-20(17)31-25(36)13-4-2-1-3-5-13)34-12-16(26(37)38)22(35)15-8-19(29)24(32-23(15)34)33-7-6-14(30)11-33/h1-5,8-10,12,14H,6-7,11,30H2,(H,31,36)(H,37,38)/t14-/m0/s1. The second kappa shape index (κ2) is 9.63. The van der Waals surface area contributed by atoms with Gasteiger partial charge in [0.05, 0.1) is 16.8 Å². The third-order valence-electron chi connectivity index (χ3n) is 6.25. The number of carbonyl (C=O) groups excluding carboxylic acids is 1. The molecule has 3 heterocycles. The molecule has 0 radical (unpaired) electrons. The van der Waals surface area contributed by atoms with Gasteiger partial charge in [-0.1, -0.05) is 18.2 Å². The number of benzene rings is 2. The Bertz CT molecular complexity index is 1660. The molecule has 1 aliphatic heterocycles. The van der Waals surface area contributed by atoms with Crippen molar-refractivity contribution in [2.75, 3.05) is 23.3 Å². The van der Waals surface area contributed by atoms with Gasteiger partial charge in [0.1, 0.15) is 17.2 Å². The normalized spacial score (nSPS) is 15.2. The second-order valence-electron chi connectivity index (χ2n) is 8.81. The first-order valence-corrected chi connectivity index (χ1v) is 11.5. The summed E-state index contributed by atoms with van der Waals surface area (Å²) in [5.74, 6) is -5.58. The van der Waals surface area contributed by atoms with E-state index in [2.05, 4.69) is 10.3 Å². The van der Waals surface area contributed by atoms with E-state index in [1.807, 2.05) is 0 Å². The third-order valence-corrected chi connectivity index (χ3v) is 6.25. The third kappa shape index (κ3) is 4.45. The summed E-state index contributed by atoms with van der Waals surface area (Å²) in [6.45, 7) is 0.669. The van der Waals surface area contributed by atoms with E-state index >= 15 is 8.78 Å². The van der Waals surface area contributed by atoms with Gasteiger partial charge in [-0.3, -0.25) is 14.2 Å². The molecular weight excluding hydrogens is 503 g/mol. The van der Waals surface area contributed by atoms with E-state index in [0.29, 0.717) is 19.0 Å². The molecule has 5 rings (SSSR count). The molecule has 0 saturated carbocycles. The zero-order valence-electron chi connectivity index (χ0n) is 19.6. The quantitative estimate of drug-likeness (QED) is 0.366. The summed E-state index contributed by atoms with van der Waals surface area (Å²) in [7, 11) is 0. The number of amides is 1. The molecule has 38 heavy (non-hydrogen) atoms. The van der Waals surface area contributed by atoms with Crippen LogP contribution in [-0.2, 0) is 0 Å². The van der Waals surface area contributed by atoms with E-state index in [9.17, 15) is 23.9 Å². The number of anilines is 2. The van der Waals surface area contributed by atoms with E-state index in [4.69, 9.17) is 5.73 Å². The van der Waals surface area contributed by atoms with Gasteiger partial charge < -0.3 is 21.1 Å². The van der Waals surface area contributed by atoms with Crippen LogP contribution in [0, 0.1) is 17.5 Å². The Kier molecular flexibility index (Phi) is 6.33. The van der Waals surface area contributed by atoms with E-state index in [1.54, 1.807) is 23.1 Å². The zero-order valence-corrected chi connectivity index (χ0v) is 19.6. The van der Waals surface area contributed by atoms with Crippen LogP contribution in [0.4, 0.5) is 24.7 Å². The Morgan fingerprint density at radius 3 is 2.45 bits per heavy atom. The lowest BCUT2D eigenvalue weighted by Gasteiger charge is -2.20. The fourth-order valence-electron chi connectivity index (χ4n) is 4.35. The molecule has 2 aromatic carbocycles. The number of rotatable bonds is 5. The Morgan fingerprint density at radius 2 is 1.79 bits per heavy atom. The van der Waals surface area contributed by atoms with Gasteiger partial charge in [-0.05, 0) is 30.7 Å². The van der Waals surface area contributed by atoms with Gasteiger partial charge in [0.15, 0.2) is 17.3 Å². The summed E-state index contributed by atoms with van der Waals surface area (Å²) >= 11 is 0. The molecule has 1 saturated heterocycles. The summed E-state index contributed by atoms with van der Waals surface area (Å²) < 4.78 is 45.8. The molecule has 0 aliphatic carbocycles. The van der Waals surface area contributed by atoms with Crippen LogP contribution in [0.15, 0.2) is 59.5 Å². The molecule has 194 valence electrons. The Hall–Kier alpha value is -4.71. The minimum atomic E-state index is -1.64. The second-order valence-corrected chi connectivity index (χ2v) is 8.81. The number of hydrogen-bond acceptors (Lipinski definition) is 6. The van der Waals surface area contributed by atoms with Crippen LogP contribution in [0.25, 0.3) is 16.7 Å². The first-order chi connectivity index (χ1) is 18.1. The van der Waals surface area contributed by atoms with E-state index in [-0.39, 0.29) is 29.6 Å². The number of halogens is 3. The van der Waals surface area contributed by atoms with Gasteiger partial charge >= 0.3 is 5.97 Å². The highest BCUT2D eigenvalue weighted by molar-refractivity contribution is 6.04. The largest absolute Gasteiger partial charge is 0.477 e. The molecule has 2 aromatic heterocycles. The maximum absolute atomic E-state index is 15.1. The van der Waals surface area contributed by atoms with Gasteiger partial charge in [-0.25, -0.2) is 22.9 Å². The highest BCUT2D eigenvalue weighted by atomic mass is 19.1. The minimum Gasteiger partial charge on any atom is -0.477 e. The van der Waals surface area contributed by atoms with Crippen molar-refractivity contribution in [1.82, 2.24) is 9.55 Å². The molecule has 1 amide bonds. The lowest BCUT2D eigenvalue weighted by molar-refractivity contribution is 0.0694. The number of nitrogens with one attached hydrogen (secondary N) is 1. The van der Waals surface area contributed by atoms with Gasteiger partial charge in [0.25, 0.3) is 5.91 Å². The lowest BCUT2D eigenvalue weighted by atomic mass is 10.1. The monoisotopic (exact) mass is 523 g/mol. The summed E-state index contributed by atoms with van der Waals surface area (Å²) in [5.41, 5.74) is 3.23. The van der Waals surface area contributed by atoms with Gasteiger partial charge in [0, 0.05) is 37.0 Å². The van der Waals surface area contributed by atoms with Crippen LogP contribution >= 0.6 is 0 Å². The number of nitrogens with zero attached hydrogens (tertiary/aromatic N) is 3. The van der Waals surface area contributed by atoms with Crippen molar-refractivity contribution in [3.8, 4) is 5.69 Å². The minimum absolute atomic E-state index is 0.151. The molecule has 1 atom stereocenters. The molecule has 1 fully saturated rings. The van der Waals surface area contributed by atoms with Crippen LogP contribution in [-0.4, -0.2) is 45.7 Å². The summed E-state index contributed by atoms with van der Waals surface area (Å²) in [5, 5.41) is 11.5. The van der Waals surface area contributed by atoms with Crippen molar-refractivity contribution in [3.05, 3.63) is 93.5 Å². The SMILES string of the molecule is N[C@H]1CCN(c2nc3c(cc2F)c(=O)c(C(=O)O)cn3-c2cc(NC(=O)c3ccccc3)c(F)cc2F)C1. The van der Waals surface area contributed by atoms with Crippen LogP contribution < -0.4 is 21.4 Å². The summed E-state index contributed by atoms with van der Waals surface area (Å²) in [4.78, 5) is 43.0. The fraction of sp³-hybridized carbons (Fsp3) is 0.154. The first kappa shape index (κ1) is 25.0. The average Bonchev–Trinajstić information content (AvgIpc) is 3.32. The molecule has 1 aliphatic rings. The lowest BCUT2D eigenvalue weighted by Crippen LogP contribution is -2.28. The topological polar surface area (TPSA) is 131 Å². The van der Waals surface area contributed by atoms with E-state index in [0.717, 1.165) is 22.9 Å². The van der Waals surface area contributed by atoms with Crippen LogP contribution in [0.3, 0.4) is 0 Å². The summed E-state index contributed by atoms with van der Waals surface area (Å²) in [6, 6.07) is 9.96. The fourth-order valence-corrected chi connectivity index (χ4v) is 4.35. The summed E-state index contributed by atoms with van der Waals surface area (Å²) in [6.07, 6.45) is 1.40. The number of pyridine rings is 2. The molecule has 4 N–H and O–H groups in total. The van der Waals surface area contributed by atoms with Gasteiger partial charge in [-0.15, -0.1) is 0 Å². The van der Waals surface area contributed by atoms with Crippen molar-refractivity contribution in [1.29, 1.82) is 0 Å². The van der Waals surface area contributed by atoms with Crippen molar-refractivity contribution < 1.29 is 27.9 Å². The predicted octanol–water partition coefficient (Wildman–Crippen LogP) is 3.29. The first-order valence-electron chi connectivity index (χ1n) is 11.5. The highest BCUT2D eigenvalue weighted by Crippen LogP contribution is 2.29. The molecule has 0 bridgehead atoms. The maximum Gasteiger partial charge on any atom is 0.341 e. The number of hydrogen-bond donors (Lipinski definition) is 3. The molecule has 4 aromatic rings. The average molecular weight is 523 g/mol. The molecule has 12 heteroatoms. The Balaban J connectivity index is 1.71. The number of nitrogens with two attached hydrogens (primary N) is 1.